The van der Waals surface area contributed by atoms with Crippen molar-refractivity contribution in [3.8, 4) is 5.75 Å². The maximum Gasteiger partial charge on any atom is 0.321 e. The number of hydrogen-bond donors (Lipinski definition) is 2. The van der Waals surface area contributed by atoms with E-state index in [4.69, 9.17) is 4.74 Å². The first-order valence-electron chi connectivity index (χ1n) is 10.00. The Hall–Kier alpha value is -2.77. The maximum absolute atomic E-state index is 12.9. The molecule has 0 bridgehead atoms. The largest absolute Gasteiger partial charge is 0.477 e. The summed E-state index contributed by atoms with van der Waals surface area (Å²) in [6.45, 7) is 1.77. The van der Waals surface area contributed by atoms with Crippen LogP contribution in [0.25, 0.3) is 0 Å². The third-order valence-corrected chi connectivity index (χ3v) is 5.30. The Morgan fingerprint density at radius 1 is 1.07 bits per heavy atom. The van der Waals surface area contributed by atoms with Crippen molar-refractivity contribution in [3.05, 3.63) is 24.3 Å². The molecule has 0 radical (unpaired) electrons. The lowest BCUT2D eigenvalue weighted by molar-refractivity contribution is -0.139. The minimum Gasteiger partial charge on any atom is -0.477 e. The van der Waals surface area contributed by atoms with Crippen LogP contribution in [0.3, 0.4) is 0 Å². The summed E-state index contributed by atoms with van der Waals surface area (Å²) >= 11 is 0. The molecular formula is C20H26N4O4. The standard InChI is InChI=1S/C20H26N4O4/c25-18(22-20(27)21-14-8-9-14)13-24-12-17(19(26)23-10-4-1-5-11-23)28-16-7-3-2-6-15(16)24/h2-3,6-7,14,17H,1,4-5,8-13H2,(H2,21,22,25,27)/t17-/m0/s1. The van der Waals surface area contributed by atoms with Gasteiger partial charge in [0.1, 0.15) is 5.75 Å². The van der Waals surface area contributed by atoms with Gasteiger partial charge in [-0.25, -0.2) is 4.79 Å². The quantitative estimate of drug-likeness (QED) is 0.813. The van der Waals surface area contributed by atoms with Gasteiger partial charge in [0.25, 0.3) is 5.91 Å². The monoisotopic (exact) mass is 386 g/mol. The molecule has 2 heterocycles. The number of benzene rings is 1. The van der Waals surface area contributed by atoms with E-state index in [1.807, 2.05) is 28.0 Å². The van der Waals surface area contributed by atoms with Crippen molar-refractivity contribution in [2.45, 2.75) is 44.2 Å². The number of para-hydroxylation sites is 2. The molecule has 3 aliphatic rings. The first-order chi connectivity index (χ1) is 13.6. The van der Waals surface area contributed by atoms with Crippen molar-refractivity contribution in [1.82, 2.24) is 15.5 Å². The van der Waals surface area contributed by atoms with Crippen molar-refractivity contribution in [2.75, 3.05) is 31.1 Å². The molecule has 1 aromatic carbocycles. The number of ether oxygens (including phenoxy) is 1. The van der Waals surface area contributed by atoms with E-state index in [1.165, 1.54) is 0 Å². The highest BCUT2D eigenvalue weighted by molar-refractivity contribution is 5.97. The zero-order valence-corrected chi connectivity index (χ0v) is 15.9. The zero-order valence-electron chi connectivity index (χ0n) is 15.9. The van der Waals surface area contributed by atoms with Gasteiger partial charge >= 0.3 is 6.03 Å². The Balaban J connectivity index is 1.43. The van der Waals surface area contributed by atoms with Crippen molar-refractivity contribution >= 4 is 23.5 Å². The fraction of sp³-hybridized carbons (Fsp3) is 0.550. The number of imide groups is 1. The van der Waals surface area contributed by atoms with Gasteiger partial charge in [-0.05, 0) is 44.2 Å². The van der Waals surface area contributed by atoms with Gasteiger partial charge in [0.15, 0.2) is 6.10 Å². The van der Waals surface area contributed by atoms with E-state index in [9.17, 15) is 14.4 Å². The zero-order chi connectivity index (χ0) is 19.5. The number of amides is 4. The molecule has 8 heteroatoms. The number of nitrogens with one attached hydrogen (secondary N) is 2. The molecule has 150 valence electrons. The van der Waals surface area contributed by atoms with Gasteiger partial charge in [-0.1, -0.05) is 12.1 Å². The SMILES string of the molecule is O=C(CN1C[C@@H](C(=O)N2CCCCC2)Oc2ccccc21)NC(=O)NC1CC1. The first-order valence-corrected chi connectivity index (χ1v) is 10.00. The van der Waals surface area contributed by atoms with E-state index in [2.05, 4.69) is 10.6 Å². The molecule has 1 saturated heterocycles. The normalized spacial score (nSPS) is 21.4. The van der Waals surface area contributed by atoms with Gasteiger partial charge in [0, 0.05) is 19.1 Å². The highest BCUT2D eigenvalue weighted by atomic mass is 16.5. The van der Waals surface area contributed by atoms with Crippen LogP contribution in [0.5, 0.6) is 5.75 Å². The third-order valence-electron chi connectivity index (χ3n) is 5.30. The lowest BCUT2D eigenvalue weighted by atomic mass is 10.1. The molecular weight excluding hydrogens is 360 g/mol. The number of carbonyl (C=O) groups excluding carboxylic acids is 3. The topological polar surface area (TPSA) is 91.0 Å². The van der Waals surface area contributed by atoms with Crippen LogP contribution in [0, 0.1) is 0 Å². The number of urea groups is 1. The van der Waals surface area contributed by atoms with E-state index in [0.717, 1.165) is 50.9 Å². The molecule has 4 amide bonds. The van der Waals surface area contributed by atoms with Gasteiger partial charge in [0.2, 0.25) is 5.91 Å². The van der Waals surface area contributed by atoms with Crippen LogP contribution < -0.4 is 20.3 Å². The Labute approximate surface area is 164 Å². The van der Waals surface area contributed by atoms with Crippen LogP contribution in [0.4, 0.5) is 10.5 Å². The summed E-state index contributed by atoms with van der Waals surface area (Å²) in [4.78, 5) is 40.8. The summed E-state index contributed by atoms with van der Waals surface area (Å²) in [5, 5.41) is 5.11. The van der Waals surface area contributed by atoms with Crippen molar-refractivity contribution < 1.29 is 19.1 Å². The highest BCUT2D eigenvalue weighted by Gasteiger charge is 2.34. The van der Waals surface area contributed by atoms with Gasteiger partial charge < -0.3 is 19.9 Å². The summed E-state index contributed by atoms with van der Waals surface area (Å²) in [6.07, 6.45) is 4.43. The molecule has 1 saturated carbocycles. The molecule has 0 spiro atoms. The van der Waals surface area contributed by atoms with Crippen molar-refractivity contribution in [3.63, 3.8) is 0 Å². The number of hydrogen-bond acceptors (Lipinski definition) is 5. The molecule has 0 unspecified atom stereocenters. The maximum atomic E-state index is 12.9. The van der Waals surface area contributed by atoms with E-state index in [-0.39, 0.29) is 25.0 Å². The number of carbonyl (C=O) groups is 3. The summed E-state index contributed by atoms with van der Waals surface area (Å²) < 4.78 is 5.96. The number of likely N-dealkylation sites (tertiary alicyclic amines) is 1. The van der Waals surface area contributed by atoms with E-state index >= 15 is 0 Å². The fourth-order valence-electron chi connectivity index (χ4n) is 3.69. The molecule has 28 heavy (non-hydrogen) atoms. The van der Waals surface area contributed by atoms with Crippen LogP contribution in [-0.4, -0.2) is 61.1 Å². The van der Waals surface area contributed by atoms with E-state index in [0.29, 0.717) is 5.75 Å². The van der Waals surface area contributed by atoms with Gasteiger partial charge in [-0.2, -0.15) is 0 Å². The molecule has 2 aliphatic heterocycles. The second-order valence-electron chi connectivity index (χ2n) is 7.64. The Morgan fingerprint density at radius 3 is 2.57 bits per heavy atom. The van der Waals surface area contributed by atoms with Crippen molar-refractivity contribution in [1.29, 1.82) is 0 Å². The lowest BCUT2D eigenvalue weighted by Gasteiger charge is -2.38. The molecule has 4 rings (SSSR count). The lowest BCUT2D eigenvalue weighted by Crippen LogP contribution is -2.53. The van der Waals surface area contributed by atoms with Crippen LogP contribution in [-0.2, 0) is 9.59 Å². The van der Waals surface area contributed by atoms with Crippen LogP contribution in [0.15, 0.2) is 24.3 Å². The van der Waals surface area contributed by atoms with E-state index < -0.39 is 18.0 Å². The summed E-state index contributed by atoms with van der Waals surface area (Å²) in [5.41, 5.74) is 0.753. The second kappa shape index (κ2) is 8.08. The average molecular weight is 386 g/mol. The summed E-state index contributed by atoms with van der Waals surface area (Å²) in [6, 6.07) is 7.08. The smallest absolute Gasteiger partial charge is 0.321 e. The second-order valence-corrected chi connectivity index (χ2v) is 7.64. The number of fused-ring (bicyclic) bond motifs is 1. The Morgan fingerprint density at radius 2 is 1.82 bits per heavy atom. The molecule has 1 aliphatic carbocycles. The molecule has 2 N–H and O–H groups in total. The Bertz CT molecular complexity index is 758. The number of rotatable bonds is 4. The van der Waals surface area contributed by atoms with Gasteiger partial charge in [-0.15, -0.1) is 0 Å². The number of nitrogens with zero attached hydrogens (tertiary/aromatic N) is 2. The van der Waals surface area contributed by atoms with E-state index in [1.54, 1.807) is 6.07 Å². The summed E-state index contributed by atoms with van der Waals surface area (Å²) in [5.74, 6) is 0.143. The molecule has 1 aromatic rings. The number of anilines is 1. The molecule has 2 fully saturated rings. The fourth-order valence-corrected chi connectivity index (χ4v) is 3.69. The minimum atomic E-state index is -0.652. The minimum absolute atomic E-state index is 0.0117. The summed E-state index contributed by atoms with van der Waals surface area (Å²) in [7, 11) is 0. The van der Waals surface area contributed by atoms with Gasteiger partial charge in [-0.3, -0.25) is 14.9 Å². The highest BCUT2D eigenvalue weighted by Crippen LogP contribution is 2.33. The number of piperidine rings is 1. The van der Waals surface area contributed by atoms with Gasteiger partial charge in [0.05, 0.1) is 18.8 Å². The first kappa shape index (κ1) is 18.6. The third kappa shape index (κ3) is 4.37. The van der Waals surface area contributed by atoms with Crippen LogP contribution in [0.1, 0.15) is 32.1 Å². The predicted molar refractivity (Wildman–Crippen MR) is 103 cm³/mol. The van der Waals surface area contributed by atoms with Crippen LogP contribution in [0.2, 0.25) is 0 Å². The Kier molecular flexibility index (Phi) is 5.36. The molecule has 0 aromatic heterocycles. The van der Waals surface area contributed by atoms with Crippen molar-refractivity contribution in [2.24, 2.45) is 0 Å². The molecule has 8 nitrogen and oxygen atoms in total. The average Bonchev–Trinajstić information content (AvgIpc) is 3.51. The molecule has 1 atom stereocenters. The predicted octanol–water partition coefficient (Wildman–Crippen LogP) is 1.25. The van der Waals surface area contributed by atoms with Crippen LogP contribution >= 0.6 is 0 Å².